The highest BCUT2D eigenvalue weighted by Crippen LogP contribution is 2.34. The van der Waals surface area contributed by atoms with E-state index < -0.39 is 0 Å². The highest BCUT2D eigenvalue weighted by atomic mass is 79.9. The molecule has 0 spiro atoms. The maximum absolute atomic E-state index is 6.10. The summed E-state index contributed by atoms with van der Waals surface area (Å²) < 4.78 is 8.03. The van der Waals surface area contributed by atoms with Crippen LogP contribution in [0.15, 0.2) is 22.7 Å². The number of imidazole rings is 1. The van der Waals surface area contributed by atoms with E-state index >= 15 is 0 Å². The lowest BCUT2D eigenvalue weighted by Crippen LogP contribution is -2.00. The van der Waals surface area contributed by atoms with E-state index in [9.17, 15) is 0 Å². The molecule has 0 aliphatic rings. The molecule has 5 heteroatoms. The Morgan fingerprint density at radius 2 is 2.17 bits per heavy atom. The number of benzene rings is 1. The van der Waals surface area contributed by atoms with Gasteiger partial charge < -0.3 is 15.0 Å². The van der Waals surface area contributed by atoms with E-state index in [1.807, 2.05) is 29.8 Å². The zero-order valence-corrected chi connectivity index (χ0v) is 12.3. The smallest absolute Gasteiger partial charge is 0.131 e. The van der Waals surface area contributed by atoms with Crippen LogP contribution in [0, 0.1) is 0 Å². The van der Waals surface area contributed by atoms with Crippen molar-refractivity contribution in [1.82, 2.24) is 9.55 Å². The Bertz CT molecular complexity index is 578. The molecular formula is C13H16BrN3O. The predicted octanol–water partition coefficient (Wildman–Crippen LogP) is 3.00. The molecule has 96 valence electrons. The first-order chi connectivity index (χ1) is 8.58. The van der Waals surface area contributed by atoms with Gasteiger partial charge in [0.2, 0.25) is 0 Å². The van der Waals surface area contributed by atoms with Gasteiger partial charge in [0.1, 0.15) is 23.1 Å². The second-order valence-electron chi connectivity index (χ2n) is 4.02. The van der Waals surface area contributed by atoms with Gasteiger partial charge in [-0.3, -0.25) is 0 Å². The summed E-state index contributed by atoms with van der Waals surface area (Å²) in [7, 11) is 3.58. The van der Waals surface area contributed by atoms with Crippen LogP contribution in [-0.2, 0) is 13.5 Å². The van der Waals surface area contributed by atoms with Crippen LogP contribution in [0.25, 0.3) is 11.3 Å². The largest absolute Gasteiger partial charge is 0.497 e. The fourth-order valence-electron chi connectivity index (χ4n) is 1.89. The van der Waals surface area contributed by atoms with Gasteiger partial charge in [0.05, 0.1) is 7.11 Å². The number of hydrogen-bond donors (Lipinski definition) is 1. The van der Waals surface area contributed by atoms with Crippen LogP contribution in [0.3, 0.4) is 0 Å². The molecule has 0 amide bonds. The number of nitrogens with two attached hydrogens (primary N) is 1. The summed E-state index contributed by atoms with van der Waals surface area (Å²) in [6.07, 6.45) is 0.856. The maximum atomic E-state index is 6.10. The minimum Gasteiger partial charge on any atom is -0.497 e. The number of ether oxygens (including phenoxy) is 1. The number of aromatic nitrogens is 2. The van der Waals surface area contributed by atoms with E-state index in [1.165, 1.54) is 0 Å². The Morgan fingerprint density at radius 3 is 2.67 bits per heavy atom. The van der Waals surface area contributed by atoms with E-state index in [1.54, 1.807) is 7.11 Å². The third-order valence-electron chi connectivity index (χ3n) is 2.98. The quantitative estimate of drug-likeness (QED) is 0.948. The maximum Gasteiger partial charge on any atom is 0.131 e. The number of rotatable bonds is 3. The van der Waals surface area contributed by atoms with Crippen LogP contribution in [0.2, 0.25) is 0 Å². The molecule has 1 aromatic heterocycles. The zero-order chi connectivity index (χ0) is 13.3. The molecule has 1 heterocycles. The molecule has 0 fully saturated rings. The SMILES string of the molecule is CCc1nc(-c2ccc(OC)cc2Br)c(N)n1C. The summed E-state index contributed by atoms with van der Waals surface area (Å²) in [4.78, 5) is 4.58. The number of nitrogens with zero attached hydrogens (tertiary/aromatic N) is 2. The lowest BCUT2D eigenvalue weighted by atomic mass is 10.1. The van der Waals surface area contributed by atoms with Gasteiger partial charge in [0.15, 0.2) is 0 Å². The van der Waals surface area contributed by atoms with E-state index in [2.05, 4.69) is 27.8 Å². The Hall–Kier alpha value is -1.49. The molecule has 0 bridgehead atoms. The topological polar surface area (TPSA) is 53.1 Å². The van der Waals surface area contributed by atoms with Gasteiger partial charge in [0, 0.05) is 23.5 Å². The van der Waals surface area contributed by atoms with E-state index in [-0.39, 0.29) is 0 Å². The number of aryl methyl sites for hydroxylation is 1. The molecule has 0 saturated carbocycles. The highest BCUT2D eigenvalue weighted by Gasteiger charge is 2.15. The number of halogens is 1. The van der Waals surface area contributed by atoms with Crippen molar-refractivity contribution in [2.45, 2.75) is 13.3 Å². The first kappa shape index (κ1) is 13.0. The minimum absolute atomic E-state index is 0.678. The van der Waals surface area contributed by atoms with E-state index in [0.29, 0.717) is 5.82 Å². The van der Waals surface area contributed by atoms with Gasteiger partial charge in [-0.15, -0.1) is 0 Å². The molecule has 2 N–H and O–H groups in total. The van der Waals surface area contributed by atoms with Gasteiger partial charge in [-0.05, 0) is 34.1 Å². The molecule has 1 aromatic carbocycles. The standard InChI is InChI=1S/C13H16BrN3O/c1-4-11-16-12(13(15)17(11)2)9-6-5-8(18-3)7-10(9)14/h5-7H,4,15H2,1-3H3. The summed E-state index contributed by atoms with van der Waals surface area (Å²) in [6, 6.07) is 5.77. The Labute approximate surface area is 115 Å². The Kier molecular flexibility index (Phi) is 3.61. The molecule has 2 rings (SSSR count). The van der Waals surface area contributed by atoms with Crippen molar-refractivity contribution in [2.24, 2.45) is 7.05 Å². The lowest BCUT2D eigenvalue weighted by molar-refractivity contribution is 0.414. The third kappa shape index (κ3) is 2.10. The molecule has 18 heavy (non-hydrogen) atoms. The zero-order valence-electron chi connectivity index (χ0n) is 10.7. The van der Waals surface area contributed by atoms with Gasteiger partial charge in [0.25, 0.3) is 0 Å². The van der Waals surface area contributed by atoms with Crippen LogP contribution in [-0.4, -0.2) is 16.7 Å². The number of methoxy groups -OCH3 is 1. The average molecular weight is 310 g/mol. The van der Waals surface area contributed by atoms with Crippen LogP contribution in [0.4, 0.5) is 5.82 Å². The second-order valence-corrected chi connectivity index (χ2v) is 4.87. The van der Waals surface area contributed by atoms with Crippen molar-refractivity contribution in [1.29, 1.82) is 0 Å². The third-order valence-corrected chi connectivity index (χ3v) is 3.64. The molecule has 0 radical (unpaired) electrons. The van der Waals surface area contributed by atoms with E-state index in [4.69, 9.17) is 10.5 Å². The monoisotopic (exact) mass is 309 g/mol. The summed E-state index contributed by atoms with van der Waals surface area (Å²) in [5, 5.41) is 0. The van der Waals surface area contributed by atoms with Gasteiger partial charge in [-0.25, -0.2) is 4.98 Å². The molecule has 0 saturated heterocycles. The van der Waals surface area contributed by atoms with Crippen molar-refractivity contribution in [3.8, 4) is 17.0 Å². The number of anilines is 1. The molecule has 2 aromatic rings. The van der Waals surface area contributed by atoms with Crippen LogP contribution < -0.4 is 10.5 Å². The fraction of sp³-hybridized carbons (Fsp3) is 0.308. The Morgan fingerprint density at radius 1 is 1.44 bits per heavy atom. The second kappa shape index (κ2) is 5.02. The van der Waals surface area contributed by atoms with Gasteiger partial charge in [-0.1, -0.05) is 6.92 Å². The molecule has 0 atom stereocenters. The summed E-state index contributed by atoms with van der Waals surface area (Å²) >= 11 is 3.53. The summed E-state index contributed by atoms with van der Waals surface area (Å²) in [6.45, 7) is 2.06. The van der Waals surface area contributed by atoms with Crippen molar-refractivity contribution in [3.05, 3.63) is 28.5 Å². The molecule has 0 aliphatic carbocycles. The molecule has 0 aliphatic heterocycles. The fourth-order valence-corrected chi connectivity index (χ4v) is 2.43. The molecule has 0 unspecified atom stereocenters. The van der Waals surface area contributed by atoms with Crippen molar-refractivity contribution >= 4 is 21.7 Å². The van der Waals surface area contributed by atoms with Crippen LogP contribution in [0.1, 0.15) is 12.7 Å². The first-order valence-corrected chi connectivity index (χ1v) is 6.52. The molecular weight excluding hydrogens is 294 g/mol. The summed E-state index contributed by atoms with van der Waals surface area (Å²) in [5.41, 5.74) is 7.88. The van der Waals surface area contributed by atoms with Crippen molar-refractivity contribution in [2.75, 3.05) is 12.8 Å². The van der Waals surface area contributed by atoms with Crippen LogP contribution in [0.5, 0.6) is 5.75 Å². The lowest BCUT2D eigenvalue weighted by Gasteiger charge is -2.06. The summed E-state index contributed by atoms with van der Waals surface area (Å²) in [5.74, 6) is 2.46. The Balaban J connectivity index is 2.55. The van der Waals surface area contributed by atoms with Gasteiger partial charge in [-0.2, -0.15) is 0 Å². The highest BCUT2D eigenvalue weighted by molar-refractivity contribution is 9.10. The van der Waals surface area contributed by atoms with Crippen molar-refractivity contribution < 1.29 is 4.74 Å². The minimum atomic E-state index is 0.678. The van der Waals surface area contributed by atoms with Gasteiger partial charge >= 0.3 is 0 Å². The normalized spacial score (nSPS) is 10.7. The number of nitrogen functional groups attached to an aromatic ring is 1. The average Bonchev–Trinajstić information content (AvgIpc) is 2.66. The first-order valence-electron chi connectivity index (χ1n) is 5.73. The van der Waals surface area contributed by atoms with Crippen LogP contribution >= 0.6 is 15.9 Å². The van der Waals surface area contributed by atoms with E-state index in [0.717, 1.165) is 33.7 Å². The number of hydrogen-bond acceptors (Lipinski definition) is 3. The predicted molar refractivity (Wildman–Crippen MR) is 76.7 cm³/mol. The van der Waals surface area contributed by atoms with Crippen molar-refractivity contribution in [3.63, 3.8) is 0 Å². The molecule has 4 nitrogen and oxygen atoms in total.